The van der Waals surface area contributed by atoms with Crippen molar-refractivity contribution in [3.8, 4) is 0 Å². The van der Waals surface area contributed by atoms with Crippen LogP contribution in [0.25, 0.3) is 11.0 Å². The zero-order chi connectivity index (χ0) is 14.8. The monoisotopic (exact) mass is 319 g/mol. The molecule has 21 heavy (non-hydrogen) atoms. The van der Waals surface area contributed by atoms with Crippen molar-refractivity contribution in [1.29, 1.82) is 0 Å². The molecular weight excluding hydrogens is 305 g/mol. The molecule has 1 atom stereocenters. The van der Waals surface area contributed by atoms with Crippen LogP contribution in [0.4, 0.5) is 0 Å². The van der Waals surface area contributed by atoms with E-state index in [0.717, 1.165) is 23.3 Å². The highest BCUT2D eigenvalue weighted by Gasteiger charge is 2.17. The van der Waals surface area contributed by atoms with E-state index in [1.54, 1.807) is 0 Å². The molecule has 0 fully saturated rings. The van der Waals surface area contributed by atoms with Crippen LogP contribution in [0.1, 0.15) is 24.4 Å². The van der Waals surface area contributed by atoms with E-state index in [1.165, 1.54) is 5.56 Å². The van der Waals surface area contributed by atoms with Gasteiger partial charge in [0.2, 0.25) is 0 Å². The number of alkyl halides is 1. The number of pyridine rings is 1. The van der Waals surface area contributed by atoms with Gasteiger partial charge in [0.25, 0.3) is 0 Å². The predicted molar refractivity (Wildman–Crippen MR) is 87.2 cm³/mol. The molecule has 3 nitrogen and oxygen atoms in total. The summed E-state index contributed by atoms with van der Waals surface area (Å²) >= 11 is 12.0. The van der Waals surface area contributed by atoms with Crippen molar-refractivity contribution >= 4 is 34.2 Å². The number of fused-ring (bicyclic) bond motifs is 1. The molecule has 0 saturated heterocycles. The van der Waals surface area contributed by atoms with Gasteiger partial charge >= 0.3 is 0 Å². The first kappa shape index (κ1) is 14.4. The third kappa shape index (κ3) is 2.76. The van der Waals surface area contributed by atoms with Crippen LogP contribution in [-0.2, 0) is 6.42 Å². The minimum Gasteiger partial charge on any atom is -0.321 e. The van der Waals surface area contributed by atoms with Gasteiger partial charge < -0.3 is 4.57 Å². The van der Waals surface area contributed by atoms with Crippen LogP contribution < -0.4 is 0 Å². The van der Waals surface area contributed by atoms with E-state index in [-0.39, 0.29) is 6.04 Å². The van der Waals surface area contributed by atoms with Crippen LogP contribution in [0, 0.1) is 0 Å². The smallest absolute Gasteiger partial charge is 0.111 e. The molecular formula is C16H15Cl2N3. The van der Waals surface area contributed by atoms with E-state index >= 15 is 0 Å². The SMILES string of the molecule is CC(c1ccncc1)n1c(CCCl)nc2cc(Cl)ccc21. The van der Waals surface area contributed by atoms with Crippen molar-refractivity contribution < 1.29 is 0 Å². The molecule has 1 unspecified atom stereocenters. The molecule has 0 N–H and O–H groups in total. The standard InChI is InChI=1S/C16H15Cl2N3/c1-11(12-5-8-19-9-6-12)21-15-3-2-13(18)10-14(15)20-16(21)4-7-17/h2-3,5-6,8-11H,4,7H2,1H3. The number of hydrogen-bond acceptors (Lipinski definition) is 2. The molecule has 0 spiro atoms. The molecule has 0 amide bonds. The fourth-order valence-corrected chi connectivity index (χ4v) is 2.94. The molecule has 0 aliphatic heterocycles. The lowest BCUT2D eigenvalue weighted by atomic mass is 10.1. The van der Waals surface area contributed by atoms with Crippen molar-refractivity contribution in [2.45, 2.75) is 19.4 Å². The summed E-state index contributed by atoms with van der Waals surface area (Å²) in [5, 5.41) is 0.695. The Labute approximate surface area is 133 Å². The first-order valence-corrected chi connectivity index (χ1v) is 7.74. The van der Waals surface area contributed by atoms with Gasteiger partial charge in [-0.15, -0.1) is 11.6 Å². The topological polar surface area (TPSA) is 30.7 Å². The van der Waals surface area contributed by atoms with Crippen molar-refractivity contribution in [1.82, 2.24) is 14.5 Å². The maximum absolute atomic E-state index is 6.07. The second kappa shape index (κ2) is 6.04. The molecule has 0 saturated carbocycles. The molecule has 1 aromatic carbocycles. The van der Waals surface area contributed by atoms with E-state index in [0.29, 0.717) is 10.9 Å². The van der Waals surface area contributed by atoms with Crippen LogP contribution in [-0.4, -0.2) is 20.4 Å². The second-order valence-electron chi connectivity index (χ2n) is 4.93. The van der Waals surface area contributed by atoms with Gasteiger partial charge in [0, 0.05) is 29.7 Å². The Morgan fingerprint density at radius 3 is 2.67 bits per heavy atom. The van der Waals surface area contributed by atoms with Gasteiger partial charge in [0.1, 0.15) is 5.82 Å². The van der Waals surface area contributed by atoms with Gasteiger partial charge in [-0.1, -0.05) is 11.6 Å². The lowest BCUT2D eigenvalue weighted by Crippen LogP contribution is -2.11. The van der Waals surface area contributed by atoms with E-state index < -0.39 is 0 Å². The minimum absolute atomic E-state index is 0.164. The fraction of sp³-hybridized carbons (Fsp3) is 0.250. The van der Waals surface area contributed by atoms with Crippen molar-refractivity contribution in [2.24, 2.45) is 0 Å². The largest absolute Gasteiger partial charge is 0.321 e. The van der Waals surface area contributed by atoms with E-state index in [9.17, 15) is 0 Å². The molecule has 3 aromatic rings. The fourth-order valence-electron chi connectivity index (χ4n) is 2.61. The Balaban J connectivity index is 2.17. The summed E-state index contributed by atoms with van der Waals surface area (Å²) in [7, 11) is 0. The molecule has 2 aromatic heterocycles. The number of benzene rings is 1. The summed E-state index contributed by atoms with van der Waals surface area (Å²) < 4.78 is 2.23. The van der Waals surface area contributed by atoms with Gasteiger partial charge in [-0.25, -0.2) is 4.98 Å². The highest BCUT2D eigenvalue weighted by molar-refractivity contribution is 6.31. The summed E-state index contributed by atoms with van der Waals surface area (Å²) in [5.74, 6) is 1.52. The lowest BCUT2D eigenvalue weighted by molar-refractivity contribution is 0.623. The van der Waals surface area contributed by atoms with Crippen molar-refractivity contribution in [2.75, 3.05) is 5.88 Å². The van der Waals surface area contributed by atoms with Crippen LogP contribution in [0.15, 0.2) is 42.7 Å². The number of imidazole rings is 1. The quantitative estimate of drug-likeness (QED) is 0.664. The summed E-state index contributed by atoms with van der Waals surface area (Å²) in [4.78, 5) is 8.77. The van der Waals surface area contributed by atoms with Gasteiger partial charge in [0.05, 0.1) is 17.1 Å². The Morgan fingerprint density at radius 2 is 1.95 bits per heavy atom. The van der Waals surface area contributed by atoms with E-state index in [2.05, 4.69) is 21.5 Å². The van der Waals surface area contributed by atoms with Gasteiger partial charge in [-0.05, 0) is 42.8 Å². The first-order chi connectivity index (χ1) is 10.2. The first-order valence-electron chi connectivity index (χ1n) is 6.83. The van der Waals surface area contributed by atoms with Crippen LogP contribution in [0.5, 0.6) is 0 Å². The Hall–Kier alpha value is -1.58. The normalized spacial score (nSPS) is 12.7. The van der Waals surface area contributed by atoms with Crippen molar-refractivity contribution in [3.05, 3.63) is 59.1 Å². The summed E-state index contributed by atoms with van der Waals surface area (Å²) in [6, 6.07) is 10.0. The molecule has 0 aliphatic rings. The van der Waals surface area contributed by atoms with Crippen LogP contribution in [0.3, 0.4) is 0 Å². The van der Waals surface area contributed by atoms with Crippen LogP contribution in [0.2, 0.25) is 5.02 Å². The molecule has 3 rings (SSSR count). The highest BCUT2D eigenvalue weighted by Crippen LogP contribution is 2.27. The third-order valence-corrected chi connectivity index (χ3v) is 4.04. The highest BCUT2D eigenvalue weighted by atomic mass is 35.5. The maximum atomic E-state index is 6.07. The Morgan fingerprint density at radius 1 is 1.19 bits per heavy atom. The Kier molecular flexibility index (Phi) is 4.13. The minimum atomic E-state index is 0.164. The molecule has 5 heteroatoms. The zero-order valence-electron chi connectivity index (χ0n) is 11.6. The Bertz CT molecular complexity index is 753. The van der Waals surface area contributed by atoms with Gasteiger partial charge in [-0.3, -0.25) is 4.98 Å². The molecule has 0 aliphatic carbocycles. The predicted octanol–water partition coefficient (Wildman–Crippen LogP) is 4.48. The maximum Gasteiger partial charge on any atom is 0.111 e. The number of aromatic nitrogens is 3. The summed E-state index contributed by atoms with van der Waals surface area (Å²) in [6.07, 6.45) is 4.34. The van der Waals surface area contributed by atoms with E-state index in [1.807, 2.05) is 42.7 Å². The van der Waals surface area contributed by atoms with Crippen LogP contribution >= 0.6 is 23.2 Å². The molecule has 2 heterocycles. The summed E-state index contributed by atoms with van der Waals surface area (Å²) in [6.45, 7) is 2.16. The zero-order valence-corrected chi connectivity index (χ0v) is 13.1. The van der Waals surface area contributed by atoms with Gasteiger partial charge in [-0.2, -0.15) is 0 Å². The third-order valence-electron chi connectivity index (χ3n) is 3.62. The number of nitrogens with zero attached hydrogens (tertiary/aromatic N) is 3. The number of halogens is 2. The number of hydrogen-bond donors (Lipinski definition) is 0. The van der Waals surface area contributed by atoms with Crippen molar-refractivity contribution in [3.63, 3.8) is 0 Å². The number of aryl methyl sites for hydroxylation is 1. The molecule has 0 radical (unpaired) electrons. The molecule has 0 bridgehead atoms. The average molecular weight is 320 g/mol. The lowest BCUT2D eigenvalue weighted by Gasteiger charge is -2.17. The molecule has 108 valence electrons. The van der Waals surface area contributed by atoms with Gasteiger partial charge in [0.15, 0.2) is 0 Å². The second-order valence-corrected chi connectivity index (χ2v) is 5.74. The number of rotatable bonds is 4. The summed E-state index contributed by atoms with van der Waals surface area (Å²) in [5.41, 5.74) is 3.17. The average Bonchev–Trinajstić information content (AvgIpc) is 2.85. The van der Waals surface area contributed by atoms with E-state index in [4.69, 9.17) is 23.2 Å².